The van der Waals surface area contributed by atoms with Crippen LogP contribution in [0.5, 0.6) is 0 Å². The summed E-state index contributed by atoms with van der Waals surface area (Å²) < 4.78 is 2.28. The number of rotatable bonds is 5. The van der Waals surface area contributed by atoms with Crippen molar-refractivity contribution in [1.29, 1.82) is 10.5 Å². The maximum absolute atomic E-state index is 9.36. The van der Waals surface area contributed by atoms with Crippen LogP contribution in [0.25, 0.3) is 72.5 Å². The summed E-state index contributed by atoms with van der Waals surface area (Å²) in [4.78, 5) is 18.4. The first-order valence-electron chi connectivity index (χ1n) is 15.0. The van der Waals surface area contributed by atoms with Crippen LogP contribution in [-0.2, 0) is 0 Å². The fraction of sp³-hybridized carbons (Fsp3) is 0. The molecule has 47 heavy (non-hydrogen) atoms. The van der Waals surface area contributed by atoms with Crippen molar-refractivity contribution in [3.05, 3.63) is 151 Å². The average molecular weight is 602 g/mol. The molecule has 0 aliphatic rings. The van der Waals surface area contributed by atoms with Crippen molar-refractivity contribution in [2.75, 3.05) is 0 Å². The number of hydrogen-bond acceptors (Lipinski definition) is 6. The van der Waals surface area contributed by atoms with Crippen molar-refractivity contribution in [3.63, 3.8) is 0 Å². The summed E-state index contributed by atoms with van der Waals surface area (Å²) >= 11 is 0. The van der Waals surface area contributed by atoms with Gasteiger partial charge in [-0.25, -0.2) is 9.97 Å². The van der Waals surface area contributed by atoms with Crippen LogP contribution in [0, 0.1) is 22.7 Å². The summed E-state index contributed by atoms with van der Waals surface area (Å²) in [6.45, 7) is 0. The molecule has 0 bridgehead atoms. The van der Waals surface area contributed by atoms with Crippen molar-refractivity contribution in [3.8, 4) is 62.9 Å². The van der Waals surface area contributed by atoms with Gasteiger partial charge >= 0.3 is 0 Å². The molecule has 0 atom stereocenters. The molecule has 0 radical (unpaired) electrons. The zero-order chi connectivity index (χ0) is 31.7. The Labute approximate surface area is 270 Å². The summed E-state index contributed by atoms with van der Waals surface area (Å²) in [5.74, 6) is 0. The minimum Gasteiger partial charge on any atom is -0.309 e. The Bertz CT molecular complexity index is 2400. The number of nitrogens with zero attached hydrogens (tertiary/aromatic N) is 7. The number of fused-ring (bicyclic) bond motifs is 3. The Balaban J connectivity index is 1.29. The van der Waals surface area contributed by atoms with Gasteiger partial charge in [-0.05, 0) is 72.8 Å². The molecule has 0 fully saturated rings. The lowest BCUT2D eigenvalue weighted by Gasteiger charge is -2.09. The predicted molar refractivity (Wildman–Crippen MR) is 183 cm³/mol. The van der Waals surface area contributed by atoms with Crippen molar-refractivity contribution in [2.45, 2.75) is 0 Å². The van der Waals surface area contributed by atoms with Crippen LogP contribution >= 0.6 is 0 Å². The quantitative estimate of drug-likeness (QED) is 0.195. The maximum atomic E-state index is 9.36. The minimum atomic E-state index is 0.494. The van der Waals surface area contributed by atoms with E-state index in [-0.39, 0.29) is 0 Å². The zero-order valence-corrected chi connectivity index (χ0v) is 24.9. The number of aromatic nitrogens is 5. The first-order valence-corrected chi connectivity index (χ1v) is 15.0. The highest BCUT2D eigenvalue weighted by Gasteiger charge is 2.16. The van der Waals surface area contributed by atoms with Gasteiger partial charge in [-0.3, -0.25) is 9.97 Å². The van der Waals surface area contributed by atoms with E-state index in [0.717, 1.165) is 72.5 Å². The fourth-order valence-corrected chi connectivity index (χ4v) is 5.99. The van der Waals surface area contributed by atoms with E-state index in [9.17, 15) is 10.5 Å². The lowest BCUT2D eigenvalue weighted by Crippen LogP contribution is -1.93. The highest BCUT2D eigenvalue weighted by Crippen LogP contribution is 2.37. The second-order valence-corrected chi connectivity index (χ2v) is 11.1. The van der Waals surface area contributed by atoms with Crippen LogP contribution in [-0.4, -0.2) is 24.5 Å². The SMILES string of the molecule is N#Cc1cncc(-c2cccc(-c3ccc4c(c3)c3cc(-c5cccc(-c6cncc(C#N)c6)n5)ccc3n4-c3ccccc3)n2)c1. The molecule has 0 saturated carbocycles. The van der Waals surface area contributed by atoms with E-state index >= 15 is 0 Å². The molecule has 3 aromatic carbocycles. The highest BCUT2D eigenvalue weighted by molar-refractivity contribution is 6.11. The van der Waals surface area contributed by atoms with Gasteiger partial charge in [0.2, 0.25) is 0 Å². The van der Waals surface area contributed by atoms with Gasteiger partial charge < -0.3 is 4.57 Å². The van der Waals surface area contributed by atoms with Gasteiger partial charge in [0.15, 0.2) is 0 Å². The molecule has 5 aromatic heterocycles. The van der Waals surface area contributed by atoms with Gasteiger partial charge in [-0.2, -0.15) is 10.5 Å². The smallest absolute Gasteiger partial charge is 0.101 e. The van der Waals surface area contributed by atoms with Crippen LogP contribution in [0.3, 0.4) is 0 Å². The molecule has 0 aliphatic heterocycles. The molecule has 0 aliphatic carbocycles. The van der Waals surface area contributed by atoms with Crippen molar-refractivity contribution in [2.24, 2.45) is 0 Å². The molecule has 0 saturated heterocycles. The van der Waals surface area contributed by atoms with Crippen LogP contribution in [0.2, 0.25) is 0 Å². The lowest BCUT2D eigenvalue weighted by molar-refractivity contribution is 1.18. The minimum absolute atomic E-state index is 0.494. The summed E-state index contributed by atoms with van der Waals surface area (Å²) in [5, 5.41) is 20.9. The molecule has 5 heterocycles. The van der Waals surface area contributed by atoms with Crippen molar-refractivity contribution >= 4 is 21.8 Å². The summed E-state index contributed by atoms with van der Waals surface area (Å²) in [7, 11) is 0. The highest BCUT2D eigenvalue weighted by atomic mass is 15.0. The second kappa shape index (κ2) is 11.5. The summed E-state index contributed by atoms with van der Waals surface area (Å²) in [6.07, 6.45) is 6.55. The fourth-order valence-electron chi connectivity index (χ4n) is 5.99. The predicted octanol–water partition coefficient (Wildman–Crippen LogP) is 8.78. The molecule has 218 valence electrons. The van der Waals surface area contributed by atoms with Gasteiger partial charge in [-0.1, -0.05) is 42.5 Å². The largest absolute Gasteiger partial charge is 0.309 e. The number of nitriles is 2. The Kier molecular flexibility index (Phi) is 6.76. The molecule has 0 amide bonds. The molecule has 8 rings (SSSR count). The molecule has 8 aromatic rings. The number of pyridine rings is 4. The molecule has 7 heteroatoms. The van der Waals surface area contributed by atoms with Crippen molar-refractivity contribution < 1.29 is 0 Å². The Morgan fingerprint density at radius 1 is 0.447 bits per heavy atom. The standard InChI is InChI=1S/C40H23N7/c41-20-26-16-30(24-43-22-26)37-10-4-8-35(45-37)28-12-14-39-33(18-28)34-19-29(13-15-40(34)47(39)32-6-2-1-3-7-32)36-9-5-11-38(46-36)31-17-27(21-42)23-44-25-31/h1-19,22-25H. The Morgan fingerprint density at radius 3 is 1.38 bits per heavy atom. The molecule has 7 nitrogen and oxygen atoms in total. The number of benzene rings is 3. The van der Waals surface area contributed by atoms with Gasteiger partial charge in [0, 0.05) is 63.5 Å². The molecule has 0 unspecified atom stereocenters. The van der Waals surface area contributed by atoms with E-state index in [2.05, 4.69) is 75.2 Å². The Hall–Kier alpha value is -6.96. The van der Waals surface area contributed by atoms with Gasteiger partial charge in [0.1, 0.15) is 12.1 Å². The van der Waals surface area contributed by atoms with E-state index in [1.165, 1.54) is 0 Å². The van der Waals surface area contributed by atoms with Crippen LogP contribution in [0.1, 0.15) is 11.1 Å². The van der Waals surface area contributed by atoms with E-state index in [1.807, 2.05) is 54.6 Å². The third-order valence-electron chi connectivity index (χ3n) is 8.20. The van der Waals surface area contributed by atoms with Crippen LogP contribution < -0.4 is 0 Å². The van der Waals surface area contributed by atoms with Gasteiger partial charge in [-0.15, -0.1) is 0 Å². The zero-order valence-electron chi connectivity index (χ0n) is 24.9. The van der Waals surface area contributed by atoms with E-state index in [4.69, 9.17) is 9.97 Å². The Morgan fingerprint density at radius 2 is 0.915 bits per heavy atom. The molecule has 0 N–H and O–H groups in total. The van der Waals surface area contributed by atoms with Crippen LogP contribution in [0.4, 0.5) is 0 Å². The monoisotopic (exact) mass is 601 g/mol. The molecular weight excluding hydrogens is 578 g/mol. The first kappa shape index (κ1) is 27.6. The summed E-state index contributed by atoms with van der Waals surface area (Å²) in [6, 6.07) is 43.0. The first-order chi connectivity index (χ1) is 23.2. The van der Waals surface area contributed by atoms with Gasteiger partial charge in [0.25, 0.3) is 0 Å². The van der Waals surface area contributed by atoms with Crippen molar-refractivity contribution in [1.82, 2.24) is 24.5 Å². The average Bonchev–Trinajstić information content (AvgIpc) is 3.48. The number of para-hydroxylation sites is 1. The molecular formula is C40H23N7. The van der Waals surface area contributed by atoms with Gasteiger partial charge in [0.05, 0.1) is 44.9 Å². The topological polar surface area (TPSA) is 104 Å². The van der Waals surface area contributed by atoms with E-state index in [0.29, 0.717) is 11.1 Å². The third-order valence-corrected chi connectivity index (χ3v) is 8.20. The number of hydrogen-bond donors (Lipinski definition) is 0. The van der Waals surface area contributed by atoms with Crippen LogP contribution in [0.15, 0.2) is 140 Å². The normalized spacial score (nSPS) is 10.9. The van der Waals surface area contributed by atoms with E-state index < -0.39 is 0 Å². The van der Waals surface area contributed by atoms with E-state index in [1.54, 1.807) is 36.9 Å². The second-order valence-electron chi connectivity index (χ2n) is 11.1. The lowest BCUT2D eigenvalue weighted by atomic mass is 10.0. The molecule has 0 spiro atoms. The summed E-state index contributed by atoms with van der Waals surface area (Å²) in [5.41, 5.74) is 10.9. The maximum Gasteiger partial charge on any atom is 0.101 e. The third kappa shape index (κ3) is 5.04.